The zero-order valence-electron chi connectivity index (χ0n) is 14.0. The van der Waals surface area contributed by atoms with E-state index in [0.717, 1.165) is 0 Å². The Labute approximate surface area is 150 Å². The summed E-state index contributed by atoms with van der Waals surface area (Å²) in [6.07, 6.45) is -6.36. The normalized spacial score (nSPS) is 28.5. The maximum Gasteiger partial charge on any atom is 0.292 e. The van der Waals surface area contributed by atoms with Gasteiger partial charge in [-0.15, -0.1) is 0 Å². The van der Waals surface area contributed by atoms with Crippen molar-refractivity contribution in [1.82, 2.24) is 5.32 Å². The van der Waals surface area contributed by atoms with E-state index in [1.54, 1.807) is 30.3 Å². The number of carbonyl (C=O) groups excluding carboxylic acids is 2. The third-order valence-electron chi connectivity index (χ3n) is 3.98. The molecule has 1 aromatic carbocycles. The molecule has 1 aliphatic heterocycles. The Bertz CT molecular complexity index is 594. The van der Waals surface area contributed by atoms with Gasteiger partial charge in [0.05, 0.1) is 13.2 Å². The highest BCUT2D eigenvalue weighted by Crippen LogP contribution is 2.21. The summed E-state index contributed by atoms with van der Waals surface area (Å²) in [4.78, 5) is 23.6. The van der Waals surface area contributed by atoms with Crippen molar-refractivity contribution in [2.24, 2.45) is 0 Å². The molecule has 1 heterocycles. The number of aliphatic hydroxyl groups excluding tert-OH is 4. The van der Waals surface area contributed by atoms with Crippen LogP contribution in [-0.2, 0) is 14.3 Å². The first-order valence-electron chi connectivity index (χ1n) is 8.25. The summed E-state index contributed by atoms with van der Waals surface area (Å²) in [6.45, 7) is -0.320. The number of hydrogen-bond acceptors (Lipinski definition) is 8. The molecule has 1 aliphatic rings. The average molecular weight is 369 g/mol. The second-order valence-corrected chi connectivity index (χ2v) is 5.87. The largest absolute Gasteiger partial charge is 0.394 e. The maximum atomic E-state index is 11.9. The number of rotatable bonds is 8. The molecule has 0 aliphatic carbocycles. The second kappa shape index (κ2) is 9.72. The first-order chi connectivity index (χ1) is 12.5. The summed E-state index contributed by atoms with van der Waals surface area (Å²) in [5, 5.41) is 40.7. The number of carbonyl (C=O) groups is 2. The molecule has 0 bridgehead atoms. The van der Waals surface area contributed by atoms with E-state index >= 15 is 0 Å². The Hall–Kier alpha value is -1.88. The van der Waals surface area contributed by atoms with Crippen LogP contribution in [0.15, 0.2) is 30.3 Å². The van der Waals surface area contributed by atoms with Gasteiger partial charge in [-0.1, -0.05) is 30.3 Å². The van der Waals surface area contributed by atoms with Crippen LogP contribution < -0.4 is 5.32 Å². The number of benzene rings is 1. The number of ether oxygens (including phenoxy) is 2. The molecule has 1 amide bonds. The lowest BCUT2D eigenvalue weighted by Crippen LogP contribution is -2.59. The summed E-state index contributed by atoms with van der Waals surface area (Å²) in [5.74, 6) is -1.37. The van der Waals surface area contributed by atoms with Crippen LogP contribution in [0.25, 0.3) is 0 Å². The highest BCUT2D eigenvalue weighted by Gasteiger charge is 2.43. The van der Waals surface area contributed by atoms with Crippen LogP contribution in [0.4, 0.5) is 0 Å². The van der Waals surface area contributed by atoms with Crippen LogP contribution in [-0.4, -0.2) is 82.6 Å². The molecule has 5 atom stereocenters. The third-order valence-corrected chi connectivity index (χ3v) is 3.98. The van der Waals surface area contributed by atoms with Crippen molar-refractivity contribution in [2.45, 2.75) is 37.1 Å². The van der Waals surface area contributed by atoms with E-state index in [9.17, 15) is 24.9 Å². The molecule has 9 heteroatoms. The van der Waals surface area contributed by atoms with Gasteiger partial charge in [-0.25, -0.2) is 0 Å². The summed E-state index contributed by atoms with van der Waals surface area (Å²) in [7, 11) is 0. The van der Waals surface area contributed by atoms with Gasteiger partial charge in [0.2, 0.25) is 5.78 Å². The Morgan fingerprint density at radius 2 is 1.77 bits per heavy atom. The monoisotopic (exact) mass is 369 g/mol. The molecule has 9 nitrogen and oxygen atoms in total. The lowest BCUT2D eigenvalue weighted by Gasteiger charge is -2.39. The molecule has 5 N–H and O–H groups in total. The molecule has 144 valence electrons. The standard InChI is InChI=1S/C17H23NO8/c19-9-11-13(21)14(22)15(23)17(26-11)25-8-4-7-18-16(24)12(20)10-5-2-1-3-6-10/h1-3,5-6,11,13-15,17,19,21-23H,4,7-9H2,(H,18,24)/t11-,13-,14+,15+,17+/m1/s1. The van der Waals surface area contributed by atoms with E-state index in [1.807, 2.05) is 0 Å². The van der Waals surface area contributed by atoms with E-state index in [2.05, 4.69) is 5.32 Å². The summed E-state index contributed by atoms with van der Waals surface area (Å²) >= 11 is 0. The number of nitrogens with one attached hydrogen (secondary N) is 1. The molecule has 0 unspecified atom stereocenters. The first-order valence-corrected chi connectivity index (χ1v) is 8.25. The van der Waals surface area contributed by atoms with Gasteiger partial charge in [0.1, 0.15) is 24.4 Å². The number of aliphatic hydroxyl groups is 4. The predicted octanol–water partition coefficient (Wildman–Crippen LogP) is -1.81. The lowest BCUT2D eigenvalue weighted by atomic mass is 9.99. The molecule has 0 aromatic heterocycles. The SMILES string of the molecule is O=C(NCCCO[C@H]1O[C@H](CO)[C@@H](O)[C@H](O)[C@@H]1O)C(=O)c1ccccc1. The molecule has 2 rings (SSSR count). The van der Waals surface area contributed by atoms with Crippen molar-refractivity contribution in [1.29, 1.82) is 0 Å². The van der Waals surface area contributed by atoms with E-state index < -0.39 is 49.0 Å². The summed E-state index contributed by atoms with van der Waals surface area (Å²) < 4.78 is 10.5. The molecule has 1 saturated heterocycles. The molecule has 0 spiro atoms. The van der Waals surface area contributed by atoms with Gasteiger partial charge < -0.3 is 35.2 Å². The van der Waals surface area contributed by atoms with Crippen molar-refractivity contribution < 1.29 is 39.5 Å². The van der Waals surface area contributed by atoms with Crippen molar-refractivity contribution >= 4 is 11.7 Å². The van der Waals surface area contributed by atoms with Gasteiger partial charge in [0.15, 0.2) is 6.29 Å². The van der Waals surface area contributed by atoms with Crippen LogP contribution in [0.5, 0.6) is 0 Å². The highest BCUT2D eigenvalue weighted by atomic mass is 16.7. The van der Waals surface area contributed by atoms with Crippen LogP contribution in [0.3, 0.4) is 0 Å². The van der Waals surface area contributed by atoms with E-state index in [4.69, 9.17) is 14.6 Å². The molecule has 26 heavy (non-hydrogen) atoms. The number of amides is 1. The summed E-state index contributed by atoms with van der Waals surface area (Å²) in [5.41, 5.74) is 0.294. The minimum atomic E-state index is -1.51. The van der Waals surface area contributed by atoms with E-state index in [-0.39, 0.29) is 13.2 Å². The smallest absolute Gasteiger partial charge is 0.292 e. The van der Waals surface area contributed by atoms with Crippen molar-refractivity contribution in [3.63, 3.8) is 0 Å². The van der Waals surface area contributed by atoms with Gasteiger partial charge in [0.25, 0.3) is 5.91 Å². The molecule has 1 fully saturated rings. The second-order valence-electron chi connectivity index (χ2n) is 5.87. The third kappa shape index (κ3) is 5.07. The minimum Gasteiger partial charge on any atom is -0.394 e. The first kappa shape index (κ1) is 20.4. The van der Waals surface area contributed by atoms with Gasteiger partial charge in [-0.3, -0.25) is 9.59 Å². The Morgan fingerprint density at radius 3 is 2.42 bits per heavy atom. The number of ketones is 1. The van der Waals surface area contributed by atoms with Crippen molar-refractivity contribution in [3.8, 4) is 0 Å². The minimum absolute atomic E-state index is 0.0580. The predicted molar refractivity (Wildman–Crippen MR) is 88.1 cm³/mol. The fourth-order valence-corrected chi connectivity index (χ4v) is 2.48. The molecular formula is C17H23NO8. The fraction of sp³-hybridized carbons (Fsp3) is 0.529. The molecular weight excluding hydrogens is 346 g/mol. The Kier molecular flexibility index (Phi) is 7.64. The van der Waals surface area contributed by atoms with Crippen molar-refractivity contribution in [3.05, 3.63) is 35.9 Å². The van der Waals surface area contributed by atoms with Crippen LogP contribution in [0, 0.1) is 0 Å². The van der Waals surface area contributed by atoms with Gasteiger partial charge in [-0.05, 0) is 6.42 Å². The number of Topliss-reactive ketones (excluding diaryl/α,β-unsaturated/α-hetero) is 1. The van der Waals surface area contributed by atoms with Crippen LogP contribution in [0.1, 0.15) is 16.8 Å². The fourth-order valence-electron chi connectivity index (χ4n) is 2.48. The molecule has 0 saturated carbocycles. The molecule has 1 aromatic rings. The number of hydrogen-bond donors (Lipinski definition) is 5. The zero-order valence-corrected chi connectivity index (χ0v) is 14.0. The van der Waals surface area contributed by atoms with Gasteiger partial charge in [0, 0.05) is 12.1 Å². The quantitative estimate of drug-likeness (QED) is 0.205. The highest BCUT2D eigenvalue weighted by molar-refractivity contribution is 6.42. The maximum absolute atomic E-state index is 11.9. The van der Waals surface area contributed by atoms with Crippen molar-refractivity contribution in [2.75, 3.05) is 19.8 Å². The van der Waals surface area contributed by atoms with E-state index in [1.165, 1.54) is 0 Å². The van der Waals surface area contributed by atoms with Gasteiger partial charge in [-0.2, -0.15) is 0 Å². The van der Waals surface area contributed by atoms with Crippen LogP contribution >= 0.6 is 0 Å². The lowest BCUT2D eigenvalue weighted by molar-refractivity contribution is -0.301. The van der Waals surface area contributed by atoms with Crippen LogP contribution in [0.2, 0.25) is 0 Å². The van der Waals surface area contributed by atoms with Gasteiger partial charge >= 0.3 is 0 Å². The zero-order chi connectivity index (χ0) is 19.1. The summed E-state index contributed by atoms with van der Waals surface area (Å²) in [6, 6.07) is 8.16. The Balaban J connectivity index is 1.70. The average Bonchev–Trinajstić information content (AvgIpc) is 2.67. The topological polar surface area (TPSA) is 146 Å². The Morgan fingerprint density at radius 1 is 1.08 bits per heavy atom. The van der Waals surface area contributed by atoms with E-state index in [0.29, 0.717) is 12.0 Å². The molecule has 0 radical (unpaired) electrons.